The number of amides is 1. The molecule has 156 valence electrons. The first-order chi connectivity index (χ1) is 15.0. The van der Waals surface area contributed by atoms with Crippen molar-refractivity contribution in [3.05, 3.63) is 75.6 Å². The number of nitrogens with zero attached hydrogens (tertiary/aromatic N) is 5. The third kappa shape index (κ3) is 4.14. The standard InChI is InChI=1S/C22H18FN5O3/c23-17-4-1-3-15(11-17)22(29)27-8-2-7-26(9-10-27)21-12-16(14-24)19-13-18(28(30)31)5-6-20(19)25-21/h1,3-6,11-13H,2,7-10H2. The van der Waals surface area contributed by atoms with Crippen LogP contribution in [0.1, 0.15) is 22.3 Å². The predicted octanol–water partition coefficient (Wildman–Crippen LogP) is 3.51. The van der Waals surface area contributed by atoms with E-state index in [-0.39, 0.29) is 11.6 Å². The Hall–Kier alpha value is -4.06. The van der Waals surface area contributed by atoms with Crippen molar-refractivity contribution in [2.45, 2.75) is 6.42 Å². The van der Waals surface area contributed by atoms with E-state index in [9.17, 15) is 24.6 Å². The van der Waals surface area contributed by atoms with E-state index in [1.54, 1.807) is 17.0 Å². The average Bonchev–Trinajstić information content (AvgIpc) is 3.03. The first-order valence-electron chi connectivity index (χ1n) is 9.75. The molecular formula is C22H18FN5O3. The van der Waals surface area contributed by atoms with E-state index >= 15 is 0 Å². The van der Waals surface area contributed by atoms with Crippen LogP contribution in [0.25, 0.3) is 10.9 Å². The summed E-state index contributed by atoms with van der Waals surface area (Å²) in [6.07, 6.45) is 0.683. The number of pyridine rings is 1. The number of hydrogen-bond donors (Lipinski definition) is 0. The Balaban J connectivity index is 1.58. The van der Waals surface area contributed by atoms with E-state index in [4.69, 9.17) is 0 Å². The number of rotatable bonds is 3. The average molecular weight is 419 g/mol. The number of benzene rings is 2. The number of fused-ring (bicyclic) bond motifs is 1. The maximum Gasteiger partial charge on any atom is 0.270 e. The Morgan fingerprint density at radius 2 is 1.97 bits per heavy atom. The summed E-state index contributed by atoms with van der Waals surface area (Å²) in [4.78, 5) is 31.5. The molecule has 3 aromatic rings. The van der Waals surface area contributed by atoms with Crippen LogP contribution in [0.5, 0.6) is 0 Å². The van der Waals surface area contributed by atoms with Crippen molar-refractivity contribution in [3.8, 4) is 6.07 Å². The molecule has 0 aliphatic carbocycles. The number of halogens is 1. The lowest BCUT2D eigenvalue weighted by atomic mass is 10.1. The molecule has 0 spiro atoms. The van der Waals surface area contributed by atoms with E-state index in [2.05, 4.69) is 11.1 Å². The van der Waals surface area contributed by atoms with Gasteiger partial charge in [-0.05, 0) is 36.8 Å². The van der Waals surface area contributed by atoms with Crippen LogP contribution >= 0.6 is 0 Å². The molecule has 0 N–H and O–H groups in total. The second kappa shape index (κ2) is 8.36. The Labute approximate surface area is 177 Å². The zero-order valence-corrected chi connectivity index (χ0v) is 16.5. The van der Waals surface area contributed by atoms with Crippen LogP contribution in [-0.4, -0.2) is 46.9 Å². The molecule has 1 aromatic heterocycles. The van der Waals surface area contributed by atoms with Gasteiger partial charge in [0, 0.05) is 49.3 Å². The highest BCUT2D eigenvalue weighted by atomic mass is 19.1. The van der Waals surface area contributed by atoms with Crippen molar-refractivity contribution in [1.29, 1.82) is 5.26 Å². The molecule has 0 radical (unpaired) electrons. The summed E-state index contributed by atoms with van der Waals surface area (Å²) in [6, 6.07) is 13.6. The fourth-order valence-corrected chi connectivity index (χ4v) is 3.72. The highest BCUT2D eigenvalue weighted by Crippen LogP contribution is 2.27. The Morgan fingerprint density at radius 1 is 1.13 bits per heavy atom. The Morgan fingerprint density at radius 3 is 2.71 bits per heavy atom. The summed E-state index contributed by atoms with van der Waals surface area (Å²) in [6.45, 7) is 2.08. The molecule has 8 nitrogen and oxygen atoms in total. The van der Waals surface area contributed by atoms with Gasteiger partial charge < -0.3 is 9.80 Å². The SMILES string of the molecule is N#Cc1cc(N2CCCN(C(=O)c3cccc(F)c3)CC2)nc2ccc([N+](=O)[O-])cc12. The molecule has 4 rings (SSSR count). The number of carbonyl (C=O) groups is 1. The van der Waals surface area contributed by atoms with Gasteiger partial charge in [-0.3, -0.25) is 14.9 Å². The normalized spacial score (nSPS) is 14.2. The van der Waals surface area contributed by atoms with Gasteiger partial charge in [-0.15, -0.1) is 0 Å². The van der Waals surface area contributed by atoms with Gasteiger partial charge in [0.15, 0.2) is 0 Å². The first-order valence-corrected chi connectivity index (χ1v) is 9.75. The van der Waals surface area contributed by atoms with Crippen molar-refractivity contribution < 1.29 is 14.1 Å². The van der Waals surface area contributed by atoms with Crippen molar-refractivity contribution >= 4 is 28.3 Å². The number of hydrogen-bond acceptors (Lipinski definition) is 6. The summed E-state index contributed by atoms with van der Waals surface area (Å²) in [5.41, 5.74) is 1.02. The molecule has 0 unspecified atom stereocenters. The van der Waals surface area contributed by atoms with Crippen molar-refractivity contribution in [2.75, 3.05) is 31.1 Å². The Bertz CT molecular complexity index is 1220. The van der Waals surface area contributed by atoms with Crippen molar-refractivity contribution in [1.82, 2.24) is 9.88 Å². The van der Waals surface area contributed by atoms with E-state index in [1.165, 1.54) is 36.4 Å². The van der Waals surface area contributed by atoms with Gasteiger partial charge in [0.2, 0.25) is 0 Å². The lowest BCUT2D eigenvalue weighted by molar-refractivity contribution is -0.384. The van der Waals surface area contributed by atoms with Gasteiger partial charge in [0.1, 0.15) is 11.6 Å². The maximum absolute atomic E-state index is 13.5. The second-order valence-corrected chi connectivity index (χ2v) is 7.24. The van der Waals surface area contributed by atoms with Crippen LogP contribution < -0.4 is 4.90 Å². The molecule has 0 atom stereocenters. The molecule has 1 aliphatic rings. The molecule has 31 heavy (non-hydrogen) atoms. The number of nitro groups is 1. The van der Waals surface area contributed by atoms with Crippen LogP contribution in [0.4, 0.5) is 15.9 Å². The second-order valence-electron chi connectivity index (χ2n) is 7.24. The first kappa shape index (κ1) is 20.2. The minimum Gasteiger partial charge on any atom is -0.355 e. The lowest BCUT2D eigenvalue weighted by Gasteiger charge is -2.23. The van der Waals surface area contributed by atoms with E-state index in [0.717, 1.165) is 0 Å². The smallest absolute Gasteiger partial charge is 0.270 e. The lowest BCUT2D eigenvalue weighted by Crippen LogP contribution is -2.35. The van der Waals surface area contributed by atoms with Gasteiger partial charge in [-0.2, -0.15) is 5.26 Å². The van der Waals surface area contributed by atoms with E-state index < -0.39 is 10.7 Å². The number of nitro benzene ring substituents is 1. The zero-order chi connectivity index (χ0) is 22.0. The van der Waals surface area contributed by atoms with Gasteiger partial charge in [-0.25, -0.2) is 9.37 Å². The third-order valence-electron chi connectivity index (χ3n) is 5.29. The number of carbonyl (C=O) groups excluding carboxylic acids is 1. The summed E-state index contributed by atoms with van der Waals surface area (Å²) >= 11 is 0. The summed E-state index contributed by atoms with van der Waals surface area (Å²) in [5.74, 6) is -0.0947. The molecule has 2 aromatic carbocycles. The molecule has 1 amide bonds. The van der Waals surface area contributed by atoms with Crippen LogP contribution in [0, 0.1) is 27.3 Å². The zero-order valence-electron chi connectivity index (χ0n) is 16.5. The molecule has 0 bridgehead atoms. The van der Waals surface area contributed by atoms with Gasteiger partial charge >= 0.3 is 0 Å². The summed E-state index contributed by atoms with van der Waals surface area (Å²) in [7, 11) is 0. The summed E-state index contributed by atoms with van der Waals surface area (Å²) < 4.78 is 13.5. The van der Waals surface area contributed by atoms with Crippen LogP contribution in [-0.2, 0) is 0 Å². The monoisotopic (exact) mass is 419 g/mol. The van der Waals surface area contributed by atoms with Gasteiger partial charge in [0.25, 0.3) is 11.6 Å². The number of anilines is 1. The highest BCUT2D eigenvalue weighted by molar-refractivity contribution is 5.94. The largest absolute Gasteiger partial charge is 0.355 e. The molecule has 0 saturated carbocycles. The van der Waals surface area contributed by atoms with Crippen LogP contribution in [0.3, 0.4) is 0 Å². The maximum atomic E-state index is 13.5. The molecule has 1 aliphatic heterocycles. The molecular weight excluding hydrogens is 401 g/mol. The topological polar surface area (TPSA) is 103 Å². The van der Waals surface area contributed by atoms with E-state index in [1.807, 2.05) is 4.90 Å². The quantitative estimate of drug-likeness (QED) is 0.475. The fourth-order valence-electron chi connectivity index (χ4n) is 3.72. The molecule has 1 saturated heterocycles. The predicted molar refractivity (Wildman–Crippen MR) is 112 cm³/mol. The van der Waals surface area contributed by atoms with Crippen molar-refractivity contribution in [2.24, 2.45) is 0 Å². The molecule has 9 heteroatoms. The minimum absolute atomic E-state index is 0.0974. The Kier molecular flexibility index (Phi) is 5.45. The molecule has 1 fully saturated rings. The summed E-state index contributed by atoms with van der Waals surface area (Å²) in [5, 5.41) is 21.0. The van der Waals surface area contributed by atoms with Crippen LogP contribution in [0.15, 0.2) is 48.5 Å². The van der Waals surface area contributed by atoms with E-state index in [0.29, 0.717) is 60.4 Å². The van der Waals surface area contributed by atoms with Crippen LogP contribution in [0.2, 0.25) is 0 Å². The van der Waals surface area contributed by atoms with Gasteiger partial charge in [-0.1, -0.05) is 6.07 Å². The molecule has 2 heterocycles. The van der Waals surface area contributed by atoms with Crippen molar-refractivity contribution in [3.63, 3.8) is 0 Å². The van der Waals surface area contributed by atoms with Gasteiger partial charge in [0.05, 0.1) is 22.1 Å². The highest BCUT2D eigenvalue weighted by Gasteiger charge is 2.22. The number of nitriles is 1. The minimum atomic E-state index is -0.506. The third-order valence-corrected chi connectivity index (χ3v) is 5.29. The fraction of sp³-hybridized carbons (Fsp3) is 0.227. The number of aromatic nitrogens is 1. The number of non-ortho nitro benzene ring substituents is 1.